The Morgan fingerprint density at radius 1 is 1.45 bits per heavy atom. The van der Waals surface area contributed by atoms with E-state index in [9.17, 15) is 4.79 Å². The molecule has 0 spiro atoms. The zero-order chi connectivity index (χ0) is 13.9. The van der Waals surface area contributed by atoms with Gasteiger partial charge in [0.2, 0.25) is 0 Å². The number of aromatic nitrogens is 3. The number of carbonyl (C=O) groups excluding carboxylic acids is 1. The highest BCUT2D eigenvalue weighted by Gasteiger charge is 2.19. The van der Waals surface area contributed by atoms with Crippen molar-refractivity contribution in [2.24, 2.45) is 5.92 Å². The third-order valence-corrected chi connectivity index (χ3v) is 3.72. The molecule has 1 aliphatic rings. The van der Waals surface area contributed by atoms with Crippen LogP contribution >= 0.6 is 0 Å². The number of hydrogen-bond donors (Lipinski definition) is 0. The minimum atomic E-state index is -0.388. The summed E-state index contributed by atoms with van der Waals surface area (Å²) in [6, 6.07) is 3.52. The van der Waals surface area contributed by atoms with Gasteiger partial charge >= 0.3 is 5.97 Å². The maximum absolute atomic E-state index is 11.7. The van der Waals surface area contributed by atoms with Crippen LogP contribution in [0.5, 0.6) is 0 Å². The van der Waals surface area contributed by atoms with E-state index in [1.54, 1.807) is 6.07 Å². The van der Waals surface area contributed by atoms with Crippen molar-refractivity contribution in [3.8, 4) is 0 Å². The summed E-state index contributed by atoms with van der Waals surface area (Å²) in [6.45, 7) is 1.63. The van der Waals surface area contributed by atoms with Crippen LogP contribution in [0.15, 0.2) is 18.3 Å². The van der Waals surface area contributed by atoms with Crippen molar-refractivity contribution in [3.63, 3.8) is 0 Å². The highest BCUT2D eigenvalue weighted by atomic mass is 16.5. The number of esters is 1. The van der Waals surface area contributed by atoms with Crippen molar-refractivity contribution in [3.05, 3.63) is 29.7 Å². The van der Waals surface area contributed by atoms with E-state index in [-0.39, 0.29) is 5.97 Å². The molecule has 6 heteroatoms. The summed E-state index contributed by atoms with van der Waals surface area (Å²) in [5.41, 5.74) is 1.00. The maximum atomic E-state index is 11.7. The lowest BCUT2D eigenvalue weighted by molar-refractivity contribution is 0.0602. The second-order valence-corrected chi connectivity index (χ2v) is 4.98. The van der Waals surface area contributed by atoms with Gasteiger partial charge in [-0.25, -0.2) is 4.79 Å². The first-order chi connectivity index (χ1) is 9.79. The quantitative estimate of drug-likeness (QED) is 0.794. The Hall–Kier alpha value is -1.95. The number of hydrogen-bond acceptors (Lipinski definition) is 5. The van der Waals surface area contributed by atoms with Crippen molar-refractivity contribution >= 4 is 11.6 Å². The Balaban J connectivity index is 1.91. The minimum absolute atomic E-state index is 0.388. The van der Waals surface area contributed by atoms with Crippen LogP contribution in [0.2, 0.25) is 0 Å². The van der Waals surface area contributed by atoms with E-state index in [1.807, 2.05) is 16.7 Å². The highest BCUT2D eigenvalue weighted by Crippen LogP contribution is 2.20. The summed E-state index contributed by atoms with van der Waals surface area (Å²) in [5, 5.41) is 8.37. The zero-order valence-corrected chi connectivity index (χ0v) is 11.4. The van der Waals surface area contributed by atoms with Crippen LogP contribution in [0.3, 0.4) is 0 Å². The molecule has 2 aromatic heterocycles. The van der Waals surface area contributed by atoms with Crippen LogP contribution in [-0.4, -0.2) is 40.9 Å². The lowest BCUT2D eigenvalue weighted by atomic mass is 9.96. The number of rotatable bonds is 3. The van der Waals surface area contributed by atoms with Gasteiger partial charge in [-0.15, -0.1) is 10.2 Å². The molecule has 2 aromatic rings. The summed E-state index contributed by atoms with van der Waals surface area (Å²) in [4.78, 5) is 11.7. The molecule has 0 atom stereocenters. The second kappa shape index (κ2) is 5.58. The van der Waals surface area contributed by atoms with Gasteiger partial charge in [-0.3, -0.25) is 4.40 Å². The zero-order valence-electron chi connectivity index (χ0n) is 11.4. The van der Waals surface area contributed by atoms with Crippen LogP contribution in [0.4, 0.5) is 0 Å². The fourth-order valence-electron chi connectivity index (χ4n) is 2.58. The fourth-order valence-corrected chi connectivity index (χ4v) is 2.58. The SMILES string of the molecule is COC(=O)c1cccn2c(CC3CCOCC3)nnc12. The lowest BCUT2D eigenvalue weighted by Crippen LogP contribution is -2.18. The Kier molecular flexibility index (Phi) is 3.64. The predicted molar refractivity (Wildman–Crippen MR) is 71.6 cm³/mol. The Morgan fingerprint density at radius 3 is 3.00 bits per heavy atom. The molecule has 3 heterocycles. The van der Waals surface area contributed by atoms with Gasteiger partial charge in [-0.1, -0.05) is 0 Å². The second-order valence-electron chi connectivity index (χ2n) is 4.98. The van der Waals surface area contributed by atoms with E-state index < -0.39 is 0 Å². The molecule has 3 rings (SSSR count). The van der Waals surface area contributed by atoms with E-state index in [0.29, 0.717) is 17.1 Å². The van der Waals surface area contributed by atoms with Gasteiger partial charge in [-0.05, 0) is 30.9 Å². The van der Waals surface area contributed by atoms with Crippen LogP contribution in [0.25, 0.3) is 5.65 Å². The summed E-state index contributed by atoms with van der Waals surface area (Å²) in [6.07, 6.45) is 4.84. The fraction of sp³-hybridized carbons (Fsp3) is 0.500. The summed E-state index contributed by atoms with van der Waals surface area (Å²) in [7, 11) is 1.37. The van der Waals surface area contributed by atoms with Crippen LogP contribution in [-0.2, 0) is 15.9 Å². The van der Waals surface area contributed by atoms with Crippen molar-refractivity contribution in [1.82, 2.24) is 14.6 Å². The maximum Gasteiger partial charge on any atom is 0.341 e. The first kappa shape index (κ1) is 13.1. The monoisotopic (exact) mass is 275 g/mol. The van der Waals surface area contributed by atoms with E-state index in [4.69, 9.17) is 9.47 Å². The van der Waals surface area contributed by atoms with E-state index >= 15 is 0 Å². The number of nitrogens with zero attached hydrogens (tertiary/aromatic N) is 3. The average molecular weight is 275 g/mol. The Morgan fingerprint density at radius 2 is 2.25 bits per heavy atom. The first-order valence-corrected chi connectivity index (χ1v) is 6.78. The number of fused-ring (bicyclic) bond motifs is 1. The summed E-state index contributed by atoms with van der Waals surface area (Å²) < 4.78 is 12.0. The van der Waals surface area contributed by atoms with Gasteiger partial charge in [0.05, 0.1) is 7.11 Å². The van der Waals surface area contributed by atoms with Crippen LogP contribution in [0.1, 0.15) is 29.0 Å². The smallest absolute Gasteiger partial charge is 0.341 e. The molecule has 106 valence electrons. The van der Waals surface area contributed by atoms with Gasteiger partial charge in [0.15, 0.2) is 5.65 Å². The van der Waals surface area contributed by atoms with Crippen molar-refractivity contribution < 1.29 is 14.3 Å². The predicted octanol–water partition coefficient (Wildman–Crippen LogP) is 1.48. The molecule has 0 saturated carbocycles. The van der Waals surface area contributed by atoms with Gasteiger partial charge in [0.1, 0.15) is 11.4 Å². The summed E-state index contributed by atoms with van der Waals surface area (Å²) in [5.74, 6) is 1.07. The highest BCUT2D eigenvalue weighted by molar-refractivity contribution is 5.95. The average Bonchev–Trinajstić information content (AvgIpc) is 2.91. The summed E-state index contributed by atoms with van der Waals surface area (Å²) >= 11 is 0. The molecule has 1 fully saturated rings. The molecule has 0 N–H and O–H groups in total. The molecule has 20 heavy (non-hydrogen) atoms. The van der Waals surface area contributed by atoms with Crippen LogP contribution < -0.4 is 0 Å². The van der Waals surface area contributed by atoms with Crippen LogP contribution in [0, 0.1) is 5.92 Å². The molecule has 0 unspecified atom stereocenters. The first-order valence-electron chi connectivity index (χ1n) is 6.78. The molecule has 0 amide bonds. The molecular weight excluding hydrogens is 258 g/mol. The van der Waals surface area contributed by atoms with Gasteiger partial charge in [0, 0.05) is 25.8 Å². The Labute approximate surface area is 116 Å². The van der Waals surface area contributed by atoms with Crippen molar-refractivity contribution in [2.45, 2.75) is 19.3 Å². The third-order valence-electron chi connectivity index (χ3n) is 3.72. The van der Waals surface area contributed by atoms with E-state index in [2.05, 4.69) is 10.2 Å². The van der Waals surface area contributed by atoms with E-state index in [1.165, 1.54) is 7.11 Å². The minimum Gasteiger partial charge on any atom is -0.465 e. The normalized spacial score (nSPS) is 16.4. The Bertz CT molecular complexity index is 617. The topological polar surface area (TPSA) is 65.7 Å². The number of ether oxygens (including phenoxy) is 2. The van der Waals surface area contributed by atoms with E-state index in [0.717, 1.165) is 38.3 Å². The molecule has 0 radical (unpaired) electrons. The van der Waals surface area contributed by atoms with Gasteiger partial charge in [0.25, 0.3) is 0 Å². The van der Waals surface area contributed by atoms with Gasteiger partial charge in [-0.2, -0.15) is 0 Å². The number of pyridine rings is 1. The molecule has 0 aromatic carbocycles. The molecule has 0 aliphatic carbocycles. The third kappa shape index (κ3) is 2.38. The number of methoxy groups -OCH3 is 1. The van der Waals surface area contributed by atoms with Gasteiger partial charge < -0.3 is 9.47 Å². The molecular formula is C14H17N3O3. The standard InChI is InChI=1S/C14H17N3O3/c1-19-14(18)11-3-2-6-17-12(15-16-13(11)17)9-10-4-7-20-8-5-10/h2-3,6,10H,4-5,7-9H2,1H3. The molecule has 6 nitrogen and oxygen atoms in total. The molecule has 0 bridgehead atoms. The molecule has 1 aliphatic heterocycles. The lowest BCUT2D eigenvalue weighted by Gasteiger charge is -2.20. The molecule has 1 saturated heterocycles. The van der Waals surface area contributed by atoms with Crippen molar-refractivity contribution in [1.29, 1.82) is 0 Å². The van der Waals surface area contributed by atoms with Crippen molar-refractivity contribution in [2.75, 3.05) is 20.3 Å². The largest absolute Gasteiger partial charge is 0.465 e. The number of carbonyl (C=O) groups is 1.